The number of nitrogens with one attached hydrogen (secondary N) is 2. The van der Waals surface area contributed by atoms with E-state index < -0.39 is 23.5 Å². The quantitative estimate of drug-likeness (QED) is 0.411. The molecular weight excluding hydrogens is 481 g/mol. The first-order chi connectivity index (χ1) is 17.8. The second-order valence-electron chi connectivity index (χ2n) is 7.91. The van der Waals surface area contributed by atoms with Crippen molar-refractivity contribution in [1.29, 1.82) is 0 Å². The molecule has 0 saturated carbocycles. The minimum absolute atomic E-state index is 0.0406. The summed E-state index contributed by atoms with van der Waals surface area (Å²) in [6.45, 7) is -0.584. The maximum atomic E-state index is 13.4. The average Bonchev–Trinajstić information content (AvgIpc) is 2.92. The first-order valence-electron chi connectivity index (χ1n) is 11.3. The summed E-state index contributed by atoms with van der Waals surface area (Å²) in [6, 6.07) is 17.0. The van der Waals surface area contributed by atoms with E-state index in [-0.39, 0.29) is 25.2 Å². The Hall–Kier alpha value is -4.60. The van der Waals surface area contributed by atoms with E-state index in [0.717, 1.165) is 0 Å². The van der Waals surface area contributed by atoms with E-state index in [2.05, 4.69) is 10.6 Å². The summed E-state index contributed by atoms with van der Waals surface area (Å²) in [5.41, 5.74) is 1.44. The number of rotatable bonds is 11. The van der Waals surface area contributed by atoms with Crippen LogP contribution in [0.3, 0.4) is 0 Å². The van der Waals surface area contributed by atoms with Crippen LogP contribution in [0, 0.1) is 5.82 Å². The highest BCUT2D eigenvalue weighted by molar-refractivity contribution is 5.98. The van der Waals surface area contributed by atoms with Gasteiger partial charge in [-0.2, -0.15) is 0 Å². The number of benzene rings is 3. The lowest BCUT2D eigenvalue weighted by atomic mass is 10.1. The molecule has 0 spiro atoms. The molecule has 0 aromatic heterocycles. The molecule has 3 aromatic rings. The Morgan fingerprint density at radius 2 is 1.49 bits per heavy atom. The maximum absolute atomic E-state index is 13.4. The Kier molecular flexibility index (Phi) is 9.42. The van der Waals surface area contributed by atoms with Crippen molar-refractivity contribution in [2.45, 2.75) is 6.54 Å². The van der Waals surface area contributed by atoms with E-state index in [0.29, 0.717) is 28.5 Å². The van der Waals surface area contributed by atoms with Gasteiger partial charge in [-0.1, -0.05) is 12.1 Å². The summed E-state index contributed by atoms with van der Waals surface area (Å²) in [5, 5.41) is 5.19. The number of methoxy groups -OCH3 is 3. The second-order valence-corrected chi connectivity index (χ2v) is 7.91. The molecule has 0 aliphatic carbocycles. The van der Waals surface area contributed by atoms with Gasteiger partial charge in [0.05, 0.1) is 27.9 Å². The molecular formula is C27H28FN3O6. The number of hydrogen-bond acceptors (Lipinski definition) is 6. The Labute approximate surface area is 214 Å². The lowest BCUT2D eigenvalue weighted by molar-refractivity contribution is -0.124. The highest BCUT2D eigenvalue weighted by Crippen LogP contribution is 2.28. The fraction of sp³-hybridized carbons (Fsp3) is 0.222. The summed E-state index contributed by atoms with van der Waals surface area (Å²) in [4.78, 5) is 39.6. The van der Waals surface area contributed by atoms with Gasteiger partial charge in [0.15, 0.2) is 11.5 Å². The fourth-order valence-electron chi connectivity index (χ4n) is 3.45. The van der Waals surface area contributed by atoms with Crippen LogP contribution in [-0.4, -0.2) is 57.0 Å². The summed E-state index contributed by atoms with van der Waals surface area (Å²) in [6.07, 6.45) is 0. The molecule has 0 atom stereocenters. The lowest BCUT2D eigenvalue weighted by Gasteiger charge is -2.23. The normalized spacial score (nSPS) is 10.3. The van der Waals surface area contributed by atoms with Gasteiger partial charge in [-0.05, 0) is 60.2 Å². The van der Waals surface area contributed by atoms with Gasteiger partial charge in [-0.25, -0.2) is 4.39 Å². The van der Waals surface area contributed by atoms with Crippen LogP contribution in [0.2, 0.25) is 0 Å². The van der Waals surface area contributed by atoms with E-state index in [1.54, 1.807) is 43.5 Å². The third-order valence-corrected chi connectivity index (χ3v) is 5.36. The SMILES string of the molecule is COc1ccc(NC(=O)CNC(=O)CN(Cc2ccc(F)cc2)C(=O)c2ccc(OC)c(OC)c2)cc1. The minimum Gasteiger partial charge on any atom is -0.497 e. The van der Waals surface area contributed by atoms with Gasteiger partial charge in [-0.15, -0.1) is 0 Å². The van der Waals surface area contributed by atoms with Crippen molar-refractivity contribution in [3.63, 3.8) is 0 Å². The van der Waals surface area contributed by atoms with Gasteiger partial charge in [0.25, 0.3) is 5.91 Å². The van der Waals surface area contributed by atoms with E-state index in [1.807, 2.05) is 0 Å². The van der Waals surface area contributed by atoms with Gasteiger partial charge in [0.2, 0.25) is 11.8 Å². The van der Waals surface area contributed by atoms with Gasteiger partial charge in [0.1, 0.15) is 18.1 Å². The van der Waals surface area contributed by atoms with Crippen molar-refractivity contribution in [2.24, 2.45) is 0 Å². The predicted octanol–water partition coefficient (Wildman–Crippen LogP) is 3.25. The van der Waals surface area contributed by atoms with Crippen molar-refractivity contribution < 1.29 is 33.0 Å². The van der Waals surface area contributed by atoms with Crippen LogP contribution in [0.15, 0.2) is 66.7 Å². The lowest BCUT2D eigenvalue weighted by Crippen LogP contribution is -2.42. The predicted molar refractivity (Wildman–Crippen MR) is 135 cm³/mol. The van der Waals surface area contributed by atoms with Crippen LogP contribution in [0.1, 0.15) is 15.9 Å². The number of nitrogens with zero attached hydrogens (tertiary/aromatic N) is 1. The van der Waals surface area contributed by atoms with Gasteiger partial charge in [-0.3, -0.25) is 14.4 Å². The number of hydrogen-bond donors (Lipinski definition) is 2. The van der Waals surface area contributed by atoms with Crippen molar-refractivity contribution >= 4 is 23.4 Å². The molecule has 0 radical (unpaired) electrons. The van der Waals surface area contributed by atoms with Crippen LogP contribution >= 0.6 is 0 Å². The summed E-state index contributed by atoms with van der Waals surface area (Å²) < 4.78 is 28.9. The molecule has 10 heteroatoms. The van der Waals surface area contributed by atoms with Crippen molar-refractivity contribution in [3.8, 4) is 17.2 Å². The topological polar surface area (TPSA) is 106 Å². The largest absolute Gasteiger partial charge is 0.497 e. The van der Waals surface area contributed by atoms with Gasteiger partial charge in [0, 0.05) is 17.8 Å². The zero-order valence-corrected chi connectivity index (χ0v) is 20.7. The molecule has 0 bridgehead atoms. The number of carbonyl (C=O) groups is 3. The molecule has 0 aliphatic heterocycles. The Bertz CT molecular complexity index is 1230. The number of anilines is 1. The third kappa shape index (κ3) is 7.69. The van der Waals surface area contributed by atoms with Crippen LogP contribution in [0.4, 0.5) is 10.1 Å². The first-order valence-corrected chi connectivity index (χ1v) is 11.3. The van der Waals surface area contributed by atoms with Crippen molar-refractivity contribution in [3.05, 3.63) is 83.7 Å². The second kappa shape index (κ2) is 12.9. The van der Waals surface area contributed by atoms with Gasteiger partial charge >= 0.3 is 0 Å². The summed E-state index contributed by atoms with van der Waals surface area (Å²) in [7, 11) is 4.47. The number of amides is 3. The Balaban J connectivity index is 1.68. The molecule has 3 aromatic carbocycles. The molecule has 0 saturated heterocycles. The highest BCUT2D eigenvalue weighted by atomic mass is 19.1. The van der Waals surface area contributed by atoms with Crippen LogP contribution in [0.5, 0.6) is 17.2 Å². The summed E-state index contributed by atoms with van der Waals surface area (Å²) >= 11 is 0. The molecule has 2 N–H and O–H groups in total. The smallest absolute Gasteiger partial charge is 0.254 e. The number of carbonyl (C=O) groups excluding carboxylic acids is 3. The molecule has 0 fully saturated rings. The van der Waals surface area contributed by atoms with E-state index in [9.17, 15) is 18.8 Å². The molecule has 194 valence electrons. The zero-order chi connectivity index (χ0) is 26.8. The molecule has 3 amide bonds. The van der Waals surface area contributed by atoms with E-state index >= 15 is 0 Å². The first kappa shape index (κ1) is 27.0. The van der Waals surface area contributed by atoms with Crippen LogP contribution in [0.25, 0.3) is 0 Å². The molecule has 0 aliphatic rings. The van der Waals surface area contributed by atoms with Crippen molar-refractivity contribution in [1.82, 2.24) is 10.2 Å². The highest BCUT2D eigenvalue weighted by Gasteiger charge is 2.21. The average molecular weight is 510 g/mol. The van der Waals surface area contributed by atoms with E-state index in [1.165, 1.54) is 49.5 Å². The Morgan fingerprint density at radius 1 is 0.811 bits per heavy atom. The molecule has 3 rings (SSSR count). The van der Waals surface area contributed by atoms with Gasteiger partial charge < -0.3 is 29.7 Å². The number of ether oxygens (including phenoxy) is 3. The van der Waals surface area contributed by atoms with Crippen LogP contribution in [-0.2, 0) is 16.1 Å². The zero-order valence-electron chi connectivity index (χ0n) is 20.7. The molecule has 37 heavy (non-hydrogen) atoms. The van der Waals surface area contributed by atoms with Crippen molar-refractivity contribution in [2.75, 3.05) is 39.7 Å². The fourth-order valence-corrected chi connectivity index (χ4v) is 3.45. The van der Waals surface area contributed by atoms with Crippen LogP contribution < -0.4 is 24.8 Å². The van der Waals surface area contributed by atoms with E-state index in [4.69, 9.17) is 14.2 Å². The summed E-state index contributed by atoms with van der Waals surface area (Å²) in [5.74, 6) is -0.396. The molecule has 9 nitrogen and oxygen atoms in total. The number of halogens is 1. The standard InChI is InChI=1S/C27H28FN3O6/c1-35-22-11-9-21(10-12-22)30-25(32)15-29-26(33)17-31(16-18-4-7-20(28)8-5-18)27(34)19-6-13-23(36-2)24(14-19)37-3/h4-14H,15-17H2,1-3H3,(H,29,33)(H,30,32). The Morgan fingerprint density at radius 3 is 2.11 bits per heavy atom. The monoisotopic (exact) mass is 509 g/mol. The maximum Gasteiger partial charge on any atom is 0.254 e. The minimum atomic E-state index is -0.541. The third-order valence-electron chi connectivity index (χ3n) is 5.36. The molecule has 0 unspecified atom stereocenters. The molecule has 0 heterocycles.